The van der Waals surface area contributed by atoms with Crippen molar-refractivity contribution in [1.82, 2.24) is 0 Å². The summed E-state index contributed by atoms with van der Waals surface area (Å²) in [6.07, 6.45) is 0. The van der Waals surface area contributed by atoms with Gasteiger partial charge in [-0.25, -0.2) is 0 Å². The zero-order chi connectivity index (χ0) is 31.6. The SMILES string of the molecule is Cc1cc(-c2ccc(NC(=S)SCC(=O)Nc3ccc(Cl)cc3)c(C)c2)ccc1NC(=S)SCC(=O)Nc1ccc(Cl)cc1. The minimum atomic E-state index is -0.152. The van der Waals surface area contributed by atoms with Crippen LogP contribution < -0.4 is 21.3 Å². The van der Waals surface area contributed by atoms with Gasteiger partial charge in [0.1, 0.15) is 8.64 Å². The fraction of sp³-hybridized carbons (Fsp3) is 0.125. The number of anilines is 4. The fourth-order valence-corrected chi connectivity index (χ4v) is 5.84. The Morgan fingerprint density at radius 3 is 1.30 bits per heavy atom. The van der Waals surface area contributed by atoms with Crippen LogP contribution in [0.5, 0.6) is 0 Å². The van der Waals surface area contributed by atoms with Crippen molar-refractivity contribution in [3.8, 4) is 11.1 Å². The first-order valence-corrected chi connectivity index (χ1v) is 16.8. The van der Waals surface area contributed by atoms with Crippen LogP contribution in [0.2, 0.25) is 10.0 Å². The number of carbonyl (C=O) groups excluding carboxylic acids is 2. The average molecular weight is 700 g/mol. The number of rotatable bonds is 9. The Kier molecular flexibility index (Phi) is 12.5. The van der Waals surface area contributed by atoms with Crippen molar-refractivity contribution in [3.05, 3.63) is 106 Å². The molecule has 0 fully saturated rings. The fourth-order valence-electron chi connectivity index (χ4n) is 3.98. The molecule has 0 saturated carbocycles. The molecule has 0 aliphatic rings. The molecule has 0 radical (unpaired) electrons. The summed E-state index contributed by atoms with van der Waals surface area (Å²) in [5.74, 6) is 0.0647. The van der Waals surface area contributed by atoms with Crippen LogP contribution in [0.3, 0.4) is 0 Å². The molecular weight excluding hydrogens is 672 g/mol. The van der Waals surface area contributed by atoms with Crippen LogP contribution in [0.1, 0.15) is 11.1 Å². The van der Waals surface area contributed by atoms with Gasteiger partial charge in [-0.3, -0.25) is 9.59 Å². The minimum absolute atomic E-state index is 0.152. The quantitative estimate of drug-likeness (QED) is 0.129. The summed E-state index contributed by atoms with van der Waals surface area (Å²) in [6, 6.07) is 26.1. The highest BCUT2D eigenvalue weighted by molar-refractivity contribution is 8.24. The third kappa shape index (κ3) is 10.5. The number of benzene rings is 4. The number of hydrogen-bond donors (Lipinski definition) is 4. The molecule has 0 bridgehead atoms. The molecule has 0 heterocycles. The van der Waals surface area contributed by atoms with Gasteiger partial charge in [0.15, 0.2) is 0 Å². The number of thiocarbonyl (C=S) groups is 2. The molecule has 4 aromatic carbocycles. The third-order valence-electron chi connectivity index (χ3n) is 6.18. The summed E-state index contributed by atoms with van der Waals surface area (Å²) in [4.78, 5) is 24.6. The maximum absolute atomic E-state index is 12.3. The lowest BCUT2D eigenvalue weighted by atomic mass is 10.00. The van der Waals surface area contributed by atoms with Gasteiger partial charge in [0.05, 0.1) is 11.5 Å². The molecule has 226 valence electrons. The van der Waals surface area contributed by atoms with Crippen molar-refractivity contribution in [2.75, 3.05) is 32.8 Å². The first-order chi connectivity index (χ1) is 21.0. The number of hydrogen-bond acceptors (Lipinski definition) is 6. The van der Waals surface area contributed by atoms with Crippen LogP contribution >= 0.6 is 71.2 Å². The van der Waals surface area contributed by atoms with Gasteiger partial charge in [0, 0.05) is 32.8 Å². The van der Waals surface area contributed by atoms with E-state index in [4.69, 9.17) is 47.6 Å². The van der Waals surface area contributed by atoms with Gasteiger partial charge in [-0.1, -0.05) is 83.3 Å². The molecule has 44 heavy (non-hydrogen) atoms. The van der Waals surface area contributed by atoms with E-state index >= 15 is 0 Å². The molecular formula is C32H28Cl2N4O2S4. The van der Waals surface area contributed by atoms with Gasteiger partial charge < -0.3 is 21.3 Å². The zero-order valence-corrected chi connectivity index (χ0v) is 28.5. The van der Waals surface area contributed by atoms with E-state index < -0.39 is 0 Å². The Morgan fingerprint density at radius 1 is 0.591 bits per heavy atom. The summed E-state index contributed by atoms with van der Waals surface area (Å²) >= 11 is 25.2. The highest BCUT2D eigenvalue weighted by Gasteiger charge is 2.11. The molecule has 0 unspecified atom stereocenters. The number of aryl methyl sites for hydroxylation is 2. The summed E-state index contributed by atoms with van der Waals surface area (Å²) in [7, 11) is 0. The molecule has 0 atom stereocenters. The molecule has 0 spiro atoms. The molecule has 4 N–H and O–H groups in total. The van der Waals surface area contributed by atoms with Gasteiger partial charge in [0.2, 0.25) is 11.8 Å². The number of halogens is 2. The Bertz CT molecular complexity index is 1560. The lowest BCUT2D eigenvalue weighted by Gasteiger charge is -2.14. The summed E-state index contributed by atoms with van der Waals surface area (Å²) in [6.45, 7) is 4.02. The standard InChI is InChI=1S/C32H28Cl2N4O2S4/c1-19-15-21(3-13-27(19)37-31(41)43-17-29(39)35-25-9-5-23(33)6-10-25)22-4-14-28(20(2)16-22)38-32(42)44-18-30(40)36-26-11-7-24(34)8-12-26/h3-16H,17-18H2,1-2H3,(H,35,39)(H,36,40)(H,37,41)(H,38,42). The molecule has 4 aromatic rings. The van der Waals surface area contributed by atoms with Crippen molar-refractivity contribution in [2.24, 2.45) is 0 Å². The van der Waals surface area contributed by atoms with Gasteiger partial charge >= 0.3 is 0 Å². The van der Waals surface area contributed by atoms with E-state index in [1.165, 1.54) is 23.5 Å². The van der Waals surface area contributed by atoms with E-state index in [1.54, 1.807) is 48.5 Å². The number of carbonyl (C=O) groups is 2. The second kappa shape index (κ2) is 16.3. The van der Waals surface area contributed by atoms with Crippen molar-refractivity contribution >= 4 is 114 Å². The number of amides is 2. The Morgan fingerprint density at radius 2 is 0.955 bits per heavy atom. The first kappa shape index (κ1) is 33.8. The second-order valence-corrected chi connectivity index (χ2v) is 13.7. The maximum Gasteiger partial charge on any atom is 0.234 e. The van der Waals surface area contributed by atoms with Gasteiger partial charge in [0.25, 0.3) is 0 Å². The van der Waals surface area contributed by atoms with E-state index in [9.17, 15) is 9.59 Å². The first-order valence-electron chi connectivity index (χ1n) is 13.3. The van der Waals surface area contributed by atoms with Gasteiger partial charge in [-0.15, -0.1) is 0 Å². The Hall–Kier alpha value is -3.12. The van der Waals surface area contributed by atoms with E-state index in [1.807, 2.05) is 38.1 Å². The number of nitrogens with one attached hydrogen (secondary N) is 4. The monoisotopic (exact) mass is 698 g/mol. The third-order valence-corrected chi connectivity index (χ3v) is 9.14. The van der Waals surface area contributed by atoms with E-state index in [0.717, 1.165) is 33.6 Å². The van der Waals surface area contributed by atoms with E-state index in [0.29, 0.717) is 30.1 Å². The molecule has 12 heteroatoms. The Balaban J connectivity index is 1.26. The van der Waals surface area contributed by atoms with Crippen LogP contribution in [0.25, 0.3) is 11.1 Å². The highest BCUT2D eigenvalue weighted by atomic mass is 35.5. The van der Waals surface area contributed by atoms with Crippen molar-refractivity contribution in [3.63, 3.8) is 0 Å². The van der Waals surface area contributed by atoms with Crippen molar-refractivity contribution in [2.45, 2.75) is 13.8 Å². The van der Waals surface area contributed by atoms with E-state index in [-0.39, 0.29) is 23.3 Å². The number of thioether (sulfide) groups is 2. The summed E-state index contributed by atoms with van der Waals surface area (Å²) < 4.78 is 1.02. The highest BCUT2D eigenvalue weighted by Crippen LogP contribution is 2.29. The van der Waals surface area contributed by atoms with E-state index in [2.05, 4.69) is 33.4 Å². The van der Waals surface area contributed by atoms with Crippen molar-refractivity contribution < 1.29 is 9.59 Å². The molecule has 4 rings (SSSR count). The van der Waals surface area contributed by atoms with Gasteiger partial charge in [-0.2, -0.15) is 0 Å². The van der Waals surface area contributed by atoms with Crippen molar-refractivity contribution in [1.29, 1.82) is 0 Å². The lowest BCUT2D eigenvalue weighted by Crippen LogP contribution is -2.17. The topological polar surface area (TPSA) is 82.3 Å². The molecule has 0 aliphatic carbocycles. The molecule has 0 aromatic heterocycles. The molecule has 0 aliphatic heterocycles. The second-order valence-electron chi connectivity index (χ2n) is 9.57. The molecule has 6 nitrogen and oxygen atoms in total. The minimum Gasteiger partial charge on any atom is -0.341 e. The Labute approximate surface area is 286 Å². The van der Waals surface area contributed by atoms with Crippen LogP contribution in [0.15, 0.2) is 84.9 Å². The zero-order valence-electron chi connectivity index (χ0n) is 23.7. The van der Waals surface area contributed by atoms with Crippen LogP contribution in [-0.2, 0) is 9.59 Å². The predicted octanol–water partition coefficient (Wildman–Crippen LogP) is 9.41. The van der Waals surface area contributed by atoms with Crippen LogP contribution in [0, 0.1) is 13.8 Å². The molecule has 0 saturated heterocycles. The largest absolute Gasteiger partial charge is 0.341 e. The summed E-state index contributed by atoms with van der Waals surface area (Å²) in [5, 5.41) is 13.3. The smallest absolute Gasteiger partial charge is 0.234 e. The summed E-state index contributed by atoms with van der Waals surface area (Å²) in [5.41, 5.74) is 7.26. The van der Waals surface area contributed by atoms with Crippen LogP contribution in [-0.4, -0.2) is 32.0 Å². The van der Waals surface area contributed by atoms with Crippen LogP contribution in [0.4, 0.5) is 22.7 Å². The predicted molar refractivity (Wildman–Crippen MR) is 199 cm³/mol. The average Bonchev–Trinajstić information content (AvgIpc) is 2.99. The lowest BCUT2D eigenvalue weighted by molar-refractivity contribution is -0.114. The maximum atomic E-state index is 12.3. The normalized spacial score (nSPS) is 10.5. The molecule has 2 amide bonds. The van der Waals surface area contributed by atoms with Gasteiger partial charge in [-0.05, 0) is 109 Å².